The van der Waals surface area contributed by atoms with E-state index in [0.717, 1.165) is 51.6 Å². The van der Waals surface area contributed by atoms with E-state index in [1.54, 1.807) is 0 Å². The zero-order chi connectivity index (χ0) is 20.6. The normalized spacial score (nSPS) is 40.8. The Balaban J connectivity index is 1.35. The Morgan fingerprint density at radius 2 is 2.03 bits per heavy atom. The van der Waals surface area contributed by atoms with Gasteiger partial charge in [-0.2, -0.15) is 0 Å². The Morgan fingerprint density at radius 1 is 1.21 bits per heavy atom. The molecular formula is C19H38N6O3S. The van der Waals surface area contributed by atoms with Gasteiger partial charge in [0.05, 0.1) is 12.3 Å². The lowest BCUT2D eigenvalue weighted by molar-refractivity contribution is 0.0310. The fourth-order valence-electron chi connectivity index (χ4n) is 5.74. The number of aliphatic hydroxyl groups excluding tert-OH is 1. The summed E-state index contributed by atoms with van der Waals surface area (Å²) in [4.78, 5) is 0. The molecule has 0 aromatic heterocycles. The molecule has 10 heteroatoms. The lowest BCUT2D eigenvalue weighted by Crippen LogP contribution is -2.56. The fourth-order valence-corrected chi connectivity index (χ4v) is 7.26. The largest absolute Gasteiger partial charge is 0.393 e. The van der Waals surface area contributed by atoms with Gasteiger partial charge in [0.25, 0.3) is 0 Å². The van der Waals surface area contributed by atoms with E-state index in [2.05, 4.69) is 25.9 Å². The van der Waals surface area contributed by atoms with E-state index in [0.29, 0.717) is 19.0 Å². The van der Waals surface area contributed by atoms with E-state index in [1.807, 2.05) is 19.0 Å². The second-order valence-electron chi connectivity index (χ2n) is 9.29. The molecule has 3 aliphatic heterocycles. The van der Waals surface area contributed by atoms with Crippen LogP contribution in [0.25, 0.3) is 0 Å². The van der Waals surface area contributed by atoms with Crippen molar-refractivity contribution < 1.29 is 13.5 Å². The van der Waals surface area contributed by atoms with Crippen LogP contribution < -0.4 is 20.9 Å². The van der Waals surface area contributed by atoms with Crippen LogP contribution in [0.1, 0.15) is 45.4 Å². The van der Waals surface area contributed by atoms with Crippen LogP contribution >= 0.6 is 0 Å². The number of hydrogen-bond acceptors (Lipinski definition) is 8. The van der Waals surface area contributed by atoms with E-state index in [1.165, 1.54) is 0 Å². The summed E-state index contributed by atoms with van der Waals surface area (Å²) in [5, 5.41) is 17.4. The van der Waals surface area contributed by atoms with Gasteiger partial charge in [-0.15, -0.1) is 0 Å². The molecule has 29 heavy (non-hydrogen) atoms. The molecule has 4 fully saturated rings. The summed E-state index contributed by atoms with van der Waals surface area (Å²) in [7, 11) is -1.39. The molecule has 7 atom stereocenters. The second-order valence-corrected chi connectivity index (χ2v) is 11.3. The molecule has 0 spiro atoms. The molecule has 3 heterocycles. The first-order valence-corrected chi connectivity index (χ1v) is 12.8. The first kappa shape index (κ1) is 21.9. The smallest absolute Gasteiger partial charge is 0.217 e. The van der Waals surface area contributed by atoms with E-state index >= 15 is 0 Å². The Morgan fingerprint density at radius 3 is 2.83 bits per heavy atom. The van der Waals surface area contributed by atoms with Crippen molar-refractivity contribution in [1.82, 2.24) is 30.9 Å². The van der Waals surface area contributed by atoms with Gasteiger partial charge in [0, 0.05) is 38.8 Å². The SMILES string of the molecule is CC[C@@H](O)C1CCNC(N2CC(S(=O)(=O)NC3CCCC4CNN(C)C43)CN2)C1. The highest BCUT2D eigenvalue weighted by atomic mass is 32.2. The predicted molar refractivity (Wildman–Crippen MR) is 112 cm³/mol. The molecule has 5 N–H and O–H groups in total. The zero-order valence-electron chi connectivity index (χ0n) is 17.7. The van der Waals surface area contributed by atoms with Crippen LogP contribution in [0.2, 0.25) is 0 Å². The van der Waals surface area contributed by atoms with Gasteiger partial charge >= 0.3 is 0 Å². The number of fused-ring (bicyclic) bond motifs is 1. The highest BCUT2D eigenvalue weighted by Crippen LogP contribution is 2.31. The van der Waals surface area contributed by atoms with Crippen LogP contribution in [0.3, 0.4) is 0 Å². The molecule has 0 aromatic rings. The Labute approximate surface area is 174 Å². The summed E-state index contributed by atoms with van der Waals surface area (Å²) in [5.41, 5.74) is 6.66. The van der Waals surface area contributed by atoms with Gasteiger partial charge in [-0.3, -0.25) is 10.9 Å². The molecule has 168 valence electrons. The van der Waals surface area contributed by atoms with Crippen molar-refractivity contribution in [3.63, 3.8) is 0 Å². The summed E-state index contributed by atoms with van der Waals surface area (Å²) in [6, 6.07) is 0.213. The van der Waals surface area contributed by atoms with Crippen molar-refractivity contribution >= 4 is 10.0 Å². The lowest BCUT2D eigenvalue weighted by Gasteiger charge is -2.38. The third kappa shape index (κ3) is 4.64. The molecular weight excluding hydrogens is 392 g/mol. The van der Waals surface area contributed by atoms with Gasteiger partial charge in [-0.05, 0) is 50.5 Å². The third-order valence-electron chi connectivity index (χ3n) is 7.47. The first-order chi connectivity index (χ1) is 13.9. The topological polar surface area (TPSA) is 109 Å². The maximum Gasteiger partial charge on any atom is 0.217 e. The van der Waals surface area contributed by atoms with Gasteiger partial charge in [0.1, 0.15) is 5.25 Å². The maximum absolute atomic E-state index is 13.2. The molecule has 6 unspecified atom stereocenters. The Hall–Kier alpha value is -0.330. The standard InChI is InChI=1S/C19H38N6O3S/c1-3-17(26)13-7-8-20-18(9-13)25-12-15(11-22-25)29(27,28)23-16-6-4-5-14-10-21-24(2)19(14)16/h13-23,26H,3-12H2,1-2H3/t13?,14?,15?,16?,17-,18?,19?/m1/s1. The van der Waals surface area contributed by atoms with E-state index < -0.39 is 15.3 Å². The van der Waals surface area contributed by atoms with Crippen LogP contribution in [0.15, 0.2) is 0 Å². The number of aliphatic hydroxyl groups is 1. The fraction of sp³-hybridized carbons (Fsp3) is 1.00. The van der Waals surface area contributed by atoms with Gasteiger partial charge in [-0.1, -0.05) is 13.3 Å². The van der Waals surface area contributed by atoms with Crippen LogP contribution in [-0.4, -0.2) is 86.4 Å². The second kappa shape index (κ2) is 9.04. The highest BCUT2D eigenvalue weighted by molar-refractivity contribution is 7.90. The molecule has 1 saturated carbocycles. The Kier molecular flexibility index (Phi) is 6.82. The number of nitrogens with zero attached hydrogens (tertiary/aromatic N) is 2. The number of likely N-dealkylation sites (N-methyl/N-ethyl adjacent to an activating group) is 1. The van der Waals surface area contributed by atoms with Gasteiger partial charge < -0.3 is 10.4 Å². The summed E-state index contributed by atoms with van der Waals surface area (Å²) in [6.07, 6.45) is 5.50. The zero-order valence-corrected chi connectivity index (χ0v) is 18.5. The van der Waals surface area contributed by atoms with Crippen molar-refractivity contribution in [3.05, 3.63) is 0 Å². The van der Waals surface area contributed by atoms with Gasteiger partial charge in [0.2, 0.25) is 10.0 Å². The minimum absolute atomic E-state index is 0.0234. The highest BCUT2D eigenvalue weighted by Gasteiger charge is 2.44. The van der Waals surface area contributed by atoms with Gasteiger partial charge in [0.15, 0.2) is 0 Å². The quantitative estimate of drug-likeness (QED) is 0.372. The number of rotatable bonds is 6. The number of sulfonamides is 1. The average Bonchev–Trinajstić information content (AvgIpc) is 3.36. The van der Waals surface area contributed by atoms with Crippen LogP contribution in [0, 0.1) is 11.8 Å². The molecule has 3 saturated heterocycles. The predicted octanol–water partition coefficient (Wildman–Crippen LogP) is -0.821. The molecule has 4 aliphatic rings. The average molecular weight is 431 g/mol. The van der Waals surface area contributed by atoms with Crippen LogP contribution in [-0.2, 0) is 10.0 Å². The maximum atomic E-state index is 13.2. The Bertz CT molecular complexity index is 662. The van der Waals surface area contributed by atoms with Gasteiger partial charge in [-0.25, -0.2) is 23.2 Å². The van der Waals surface area contributed by atoms with Crippen molar-refractivity contribution in [2.24, 2.45) is 11.8 Å². The van der Waals surface area contributed by atoms with E-state index in [9.17, 15) is 13.5 Å². The summed E-state index contributed by atoms with van der Waals surface area (Å²) in [6.45, 7) is 4.71. The van der Waals surface area contributed by atoms with Crippen molar-refractivity contribution in [3.8, 4) is 0 Å². The molecule has 9 nitrogen and oxygen atoms in total. The number of nitrogens with one attached hydrogen (secondary N) is 4. The monoisotopic (exact) mass is 430 g/mol. The molecule has 0 radical (unpaired) electrons. The molecule has 0 aromatic carbocycles. The summed E-state index contributed by atoms with van der Waals surface area (Å²) >= 11 is 0. The lowest BCUT2D eigenvalue weighted by atomic mass is 9.82. The minimum atomic E-state index is -3.41. The summed E-state index contributed by atoms with van der Waals surface area (Å²) in [5.74, 6) is 0.791. The molecule has 0 amide bonds. The molecule has 4 rings (SSSR count). The number of hydrazine groups is 2. The first-order valence-electron chi connectivity index (χ1n) is 11.3. The van der Waals surface area contributed by atoms with E-state index in [4.69, 9.17) is 0 Å². The summed E-state index contributed by atoms with van der Waals surface area (Å²) < 4.78 is 29.4. The van der Waals surface area contributed by atoms with Crippen molar-refractivity contribution in [2.75, 3.05) is 33.2 Å². The van der Waals surface area contributed by atoms with E-state index in [-0.39, 0.29) is 30.3 Å². The minimum Gasteiger partial charge on any atom is -0.393 e. The number of piperidine rings is 1. The number of hydrogen-bond donors (Lipinski definition) is 5. The molecule has 0 bridgehead atoms. The van der Waals surface area contributed by atoms with Crippen molar-refractivity contribution in [1.29, 1.82) is 0 Å². The van der Waals surface area contributed by atoms with Crippen LogP contribution in [0.4, 0.5) is 0 Å². The third-order valence-corrected chi connectivity index (χ3v) is 9.30. The molecule has 1 aliphatic carbocycles. The van der Waals surface area contributed by atoms with Crippen LogP contribution in [0.5, 0.6) is 0 Å². The van der Waals surface area contributed by atoms with Crippen molar-refractivity contribution in [2.45, 2.75) is 75.1 Å².